The molecule has 0 saturated carbocycles. The summed E-state index contributed by atoms with van der Waals surface area (Å²) >= 11 is 0. The van der Waals surface area contributed by atoms with E-state index in [1.807, 2.05) is 13.8 Å². The molecule has 1 aromatic carbocycles. The zero-order chi connectivity index (χ0) is 25.5. The number of aromatic amines is 1. The van der Waals surface area contributed by atoms with Gasteiger partial charge >= 0.3 is 6.18 Å². The van der Waals surface area contributed by atoms with Crippen LogP contribution >= 0.6 is 0 Å². The molecule has 3 unspecified atom stereocenters. The van der Waals surface area contributed by atoms with Gasteiger partial charge in [0.25, 0.3) is 11.5 Å². The van der Waals surface area contributed by atoms with Crippen LogP contribution < -0.4 is 10.3 Å². The predicted molar refractivity (Wildman–Crippen MR) is 121 cm³/mol. The molecule has 1 amide bonds. The summed E-state index contributed by atoms with van der Waals surface area (Å²) < 4.78 is 52.7. The Labute approximate surface area is 199 Å². The summed E-state index contributed by atoms with van der Waals surface area (Å²) in [5.41, 5.74) is -1.90. The van der Waals surface area contributed by atoms with Crippen LogP contribution in [0.2, 0.25) is 0 Å². The van der Waals surface area contributed by atoms with Gasteiger partial charge in [-0.2, -0.15) is 13.2 Å². The third-order valence-corrected chi connectivity index (χ3v) is 5.67. The topological polar surface area (TPSA) is 97.4 Å². The first kappa shape index (κ1) is 24.6. The van der Waals surface area contributed by atoms with Gasteiger partial charge in [-0.25, -0.2) is 9.97 Å². The number of carbonyl (C=O) groups is 1. The first-order chi connectivity index (χ1) is 16.4. The van der Waals surface area contributed by atoms with Gasteiger partial charge in [0, 0.05) is 24.2 Å². The second-order valence-electron chi connectivity index (χ2n) is 8.70. The highest BCUT2D eigenvalue weighted by atomic mass is 19.4. The highest BCUT2D eigenvalue weighted by Gasteiger charge is 2.38. The smallest absolute Gasteiger partial charge is 0.433 e. The molecule has 8 nitrogen and oxygen atoms in total. The average Bonchev–Trinajstić information content (AvgIpc) is 2.77. The Morgan fingerprint density at radius 3 is 2.40 bits per heavy atom. The molecule has 1 N–H and O–H groups in total. The third kappa shape index (κ3) is 5.29. The normalized spacial score (nSPS) is 19.6. The Kier molecular flexibility index (Phi) is 6.54. The lowest BCUT2D eigenvalue weighted by Gasteiger charge is -2.35. The molecule has 3 heterocycles. The molecule has 1 aliphatic rings. The number of aromatic nitrogens is 3. The number of fused-ring (bicyclic) bond motifs is 1. The minimum absolute atomic E-state index is 0.0658. The second kappa shape index (κ2) is 9.29. The van der Waals surface area contributed by atoms with Crippen molar-refractivity contribution in [2.75, 3.05) is 13.1 Å². The van der Waals surface area contributed by atoms with E-state index in [4.69, 9.17) is 9.47 Å². The number of nitrogens with zero attached hydrogens (tertiary/aromatic N) is 3. The van der Waals surface area contributed by atoms with E-state index in [1.54, 1.807) is 17.0 Å². The van der Waals surface area contributed by atoms with E-state index in [9.17, 15) is 22.8 Å². The number of rotatable bonds is 4. The summed E-state index contributed by atoms with van der Waals surface area (Å²) in [6.45, 7) is 7.64. The van der Waals surface area contributed by atoms with Crippen LogP contribution in [0.1, 0.15) is 54.3 Å². The molecule has 0 bridgehead atoms. The van der Waals surface area contributed by atoms with Gasteiger partial charge in [-0.15, -0.1) is 0 Å². The van der Waals surface area contributed by atoms with Gasteiger partial charge in [0.1, 0.15) is 17.7 Å². The minimum atomic E-state index is -4.78. The van der Waals surface area contributed by atoms with Crippen LogP contribution in [-0.4, -0.2) is 51.1 Å². The average molecular weight is 490 g/mol. The number of ether oxygens (including phenoxy) is 2. The maximum Gasteiger partial charge on any atom is 0.433 e. The van der Waals surface area contributed by atoms with E-state index < -0.39 is 23.5 Å². The fourth-order valence-electron chi connectivity index (χ4n) is 4.20. The van der Waals surface area contributed by atoms with Gasteiger partial charge in [-0.3, -0.25) is 9.59 Å². The summed E-state index contributed by atoms with van der Waals surface area (Å²) in [4.78, 5) is 36.8. The summed E-state index contributed by atoms with van der Waals surface area (Å²) in [5, 5.41) is -0.0658. The lowest BCUT2D eigenvalue weighted by molar-refractivity contribution is -0.142. The molecule has 4 rings (SSSR count). The monoisotopic (exact) mass is 490 g/mol. The third-order valence-electron chi connectivity index (χ3n) is 5.67. The number of nitrogens with one attached hydrogen (secondary N) is 1. The molecule has 186 valence electrons. The van der Waals surface area contributed by atoms with Crippen molar-refractivity contribution in [3.05, 3.63) is 63.3 Å². The molecule has 1 saturated heterocycles. The summed E-state index contributed by atoms with van der Waals surface area (Å²) in [6.07, 6.45) is -6.01. The van der Waals surface area contributed by atoms with E-state index >= 15 is 0 Å². The number of pyridine rings is 1. The number of alkyl halides is 3. The Bertz CT molecular complexity index is 1300. The van der Waals surface area contributed by atoms with E-state index in [0.29, 0.717) is 18.7 Å². The Hall–Kier alpha value is -3.47. The Balaban J connectivity index is 1.59. The molecule has 0 radical (unpaired) electrons. The highest BCUT2D eigenvalue weighted by molar-refractivity contribution is 5.94. The Morgan fingerprint density at radius 1 is 1.17 bits per heavy atom. The standard InChI is InChI=1S/C24H25F3N4O4/c1-12-10-31(11-13(2)34-12)23(33)16-5-7-17(8-6-16)35-14(3)18-9-19-21(28-15(4)29-22(19)32)30-20(18)24(25,26)27/h5-9,12-14H,10-11H2,1-4H3,(H,28,29,30,32). The number of morpholine rings is 1. The molecule has 1 fully saturated rings. The van der Waals surface area contributed by atoms with Crippen LogP contribution in [0.4, 0.5) is 13.2 Å². The van der Waals surface area contributed by atoms with Crippen molar-refractivity contribution in [3.8, 4) is 5.75 Å². The van der Waals surface area contributed by atoms with Crippen LogP contribution in [0.25, 0.3) is 11.0 Å². The molecular formula is C24H25F3N4O4. The predicted octanol–water partition coefficient (Wildman–Crippen LogP) is 4.03. The fourth-order valence-corrected chi connectivity index (χ4v) is 4.20. The molecule has 1 aliphatic heterocycles. The fraction of sp³-hybridized carbons (Fsp3) is 0.417. The van der Waals surface area contributed by atoms with Crippen LogP contribution in [0, 0.1) is 6.92 Å². The number of hydrogen-bond donors (Lipinski definition) is 1. The van der Waals surface area contributed by atoms with E-state index in [-0.39, 0.29) is 46.3 Å². The van der Waals surface area contributed by atoms with Crippen molar-refractivity contribution in [1.29, 1.82) is 0 Å². The molecule has 35 heavy (non-hydrogen) atoms. The van der Waals surface area contributed by atoms with Gasteiger partial charge in [-0.05, 0) is 58.0 Å². The van der Waals surface area contributed by atoms with Crippen LogP contribution in [0.15, 0.2) is 35.1 Å². The Morgan fingerprint density at radius 2 is 1.80 bits per heavy atom. The van der Waals surface area contributed by atoms with Gasteiger partial charge in [0.15, 0.2) is 11.3 Å². The van der Waals surface area contributed by atoms with Crippen molar-refractivity contribution in [3.63, 3.8) is 0 Å². The maximum atomic E-state index is 13.8. The van der Waals surface area contributed by atoms with Crippen molar-refractivity contribution in [2.24, 2.45) is 0 Å². The number of halogens is 3. The lowest BCUT2D eigenvalue weighted by Crippen LogP contribution is -2.48. The largest absolute Gasteiger partial charge is 0.486 e. The molecule has 3 atom stereocenters. The quantitative estimate of drug-likeness (QED) is 0.593. The highest BCUT2D eigenvalue weighted by Crippen LogP contribution is 2.36. The molecule has 2 aromatic heterocycles. The van der Waals surface area contributed by atoms with Crippen molar-refractivity contribution < 1.29 is 27.4 Å². The number of H-pyrrole nitrogens is 1. The number of carbonyl (C=O) groups excluding carboxylic acids is 1. The van der Waals surface area contributed by atoms with Gasteiger partial charge in [0.05, 0.1) is 17.6 Å². The SMILES string of the molecule is Cc1nc2nc(C(F)(F)F)c(C(C)Oc3ccc(C(=O)N4CC(C)OC(C)C4)cc3)cc2c(=O)[nH]1. The minimum Gasteiger partial charge on any atom is -0.486 e. The van der Waals surface area contributed by atoms with E-state index in [0.717, 1.165) is 6.07 Å². The number of aryl methyl sites for hydroxylation is 1. The van der Waals surface area contributed by atoms with Crippen LogP contribution in [0.5, 0.6) is 5.75 Å². The maximum absolute atomic E-state index is 13.8. The number of amides is 1. The summed E-state index contributed by atoms with van der Waals surface area (Å²) in [5.74, 6) is 0.268. The molecule has 0 aliphatic carbocycles. The zero-order valence-corrected chi connectivity index (χ0v) is 19.6. The first-order valence-corrected chi connectivity index (χ1v) is 11.1. The van der Waals surface area contributed by atoms with Crippen molar-refractivity contribution in [2.45, 2.75) is 52.2 Å². The van der Waals surface area contributed by atoms with Crippen LogP contribution in [0.3, 0.4) is 0 Å². The summed E-state index contributed by atoms with van der Waals surface area (Å²) in [6, 6.07) is 7.29. The van der Waals surface area contributed by atoms with Gasteiger partial charge in [-0.1, -0.05) is 0 Å². The molecule has 3 aromatic rings. The van der Waals surface area contributed by atoms with Gasteiger partial charge < -0.3 is 19.4 Å². The second-order valence-corrected chi connectivity index (χ2v) is 8.70. The first-order valence-electron chi connectivity index (χ1n) is 11.1. The van der Waals surface area contributed by atoms with Gasteiger partial charge in [0.2, 0.25) is 0 Å². The van der Waals surface area contributed by atoms with E-state index in [1.165, 1.54) is 26.0 Å². The molecular weight excluding hydrogens is 465 g/mol. The van der Waals surface area contributed by atoms with Crippen LogP contribution in [-0.2, 0) is 10.9 Å². The molecule has 11 heteroatoms. The van der Waals surface area contributed by atoms with E-state index in [2.05, 4.69) is 15.0 Å². The van der Waals surface area contributed by atoms with Crippen molar-refractivity contribution in [1.82, 2.24) is 19.9 Å². The molecule has 0 spiro atoms. The lowest BCUT2D eigenvalue weighted by atomic mass is 10.1. The summed E-state index contributed by atoms with van der Waals surface area (Å²) in [7, 11) is 0. The number of benzene rings is 1. The van der Waals surface area contributed by atoms with Crippen molar-refractivity contribution >= 4 is 16.9 Å². The number of hydrogen-bond acceptors (Lipinski definition) is 6. The zero-order valence-electron chi connectivity index (χ0n) is 19.6.